The molecule has 4 rings (SSSR count). The molecule has 2 aromatic heterocycles. The van der Waals surface area contributed by atoms with Crippen molar-refractivity contribution < 1.29 is 0 Å². The Balaban J connectivity index is 2.80. The monoisotopic (exact) mass is 156 g/mol. The van der Waals surface area contributed by atoms with Gasteiger partial charge in [-0.3, -0.25) is 4.40 Å². The molecular weight excluding hydrogens is 156 g/mol. The van der Waals surface area contributed by atoms with Gasteiger partial charge in [0.1, 0.15) is 5.69 Å². The second kappa shape index (κ2) is 1.02. The molecule has 44 valence electrons. The van der Waals surface area contributed by atoms with Crippen LogP contribution in [-0.2, 0) is 0 Å². The first-order valence-electron chi connectivity index (χ1n) is 2.54. The van der Waals surface area contributed by atoms with Gasteiger partial charge < -0.3 is 0 Å². The molecule has 2 aromatic rings. The van der Waals surface area contributed by atoms with E-state index < -0.39 is 0 Å². The second-order valence-corrected chi connectivity index (χ2v) is 3.37. The van der Waals surface area contributed by atoms with Crippen molar-refractivity contribution in [3.63, 3.8) is 0 Å². The van der Waals surface area contributed by atoms with E-state index in [2.05, 4.69) is 4.98 Å². The van der Waals surface area contributed by atoms with Crippen LogP contribution in [0.2, 0.25) is 5.15 Å². The zero-order valence-corrected chi connectivity index (χ0v) is 5.83. The lowest BCUT2D eigenvalue weighted by Crippen LogP contribution is -1.87. The maximum atomic E-state index is 5.73. The van der Waals surface area contributed by atoms with E-state index >= 15 is 0 Å². The summed E-state index contributed by atoms with van der Waals surface area (Å²) in [7, 11) is 0. The van der Waals surface area contributed by atoms with Crippen molar-refractivity contribution in [2.75, 3.05) is 0 Å². The highest BCUT2D eigenvalue weighted by atomic mass is 35.5. The van der Waals surface area contributed by atoms with Crippen LogP contribution >= 0.6 is 22.9 Å². The molecule has 0 aromatic carbocycles. The molecule has 2 nitrogen and oxygen atoms in total. The fourth-order valence-corrected chi connectivity index (χ4v) is 2.49. The molecule has 0 unspecified atom stereocenters. The second-order valence-electron chi connectivity index (χ2n) is 2.00. The molecule has 0 radical (unpaired) electrons. The lowest BCUT2D eigenvalue weighted by Gasteiger charge is -2.00. The van der Waals surface area contributed by atoms with Crippen molar-refractivity contribution in [2.24, 2.45) is 0 Å². The van der Waals surface area contributed by atoms with Crippen LogP contribution < -0.4 is 0 Å². The Morgan fingerprint density at radius 1 is 1.67 bits per heavy atom. The van der Waals surface area contributed by atoms with E-state index in [0.717, 1.165) is 10.7 Å². The van der Waals surface area contributed by atoms with Gasteiger partial charge in [-0.05, 0) is 0 Å². The summed E-state index contributed by atoms with van der Waals surface area (Å²) in [6.07, 6.45) is 2.05. The fourth-order valence-electron chi connectivity index (χ4n) is 1.08. The van der Waals surface area contributed by atoms with Gasteiger partial charge >= 0.3 is 0 Å². The summed E-state index contributed by atoms with van der Waals surface area (Å²) in [6.45, 7) is 0. The number of rotatable bonds is 0. The molecule has 0 spiro atoms. The van der Waals surface area contributed by atoms with Crippen molar-refractivity contribution >= 4 is 27.9 Å². The van der Waals surface area contributed by atoms with Crippen LogP contribution in [-0.4, -0.2) is 9.38 Å². The third-order valence-corrected chi connectivity index (χ3v) is 2.77. The van der Waals surface area contributed by atoms with E-state index in [1.54, 1.807) is 11.3 Å². The number of hydrogen-bond acceptors (Lipinski definition) is 2. The largest absolute Gasteiger partial charge is 0.287 e. The Morgan fingerprint density at radius 2 is 2.56 bits per heavy atom. The molecule has 0 saturated carbocycles. The predicted octanol–water partition coefficient (Wildman–Crippen LogP) is 2.03. The molecule has 4 bridgehead atoms. The molecule has 2 aliphatic heterocycles. The van der Waals surface area contributed by atoms with Gasteiger partial charge in [-0.1, -0.05) is 22.9 Å². The molecule has 9 heavy (non-hydrogen) atoms. The van der Waals surface area contributed by atoms with Crippen LogP contribution in [0, 0.1) is 0 Å². The summed E-state index contributed by atoms with van der Waals surface area (Å²) in [5.74, 6) is 0. The smallest absolute Gasteiger partial charge is 0.196 e. The van der Waals surface area contributed by atoms with E-state index in [-0.39, 0.29) is 0 Å². The van der Waals surface area contributed by atoms with Crippen LogP contribution in [0.1, 0.15) is 0 Å². The quantitative estimate of drug-likeness (QED) is 0.487. The highest BCUT2D eigenvalue weighted by molar-refractivity contribution is 7.21. The summed E-state index contributed by atoms with van der Waals surface area (Å²) in [5, 5.41) is 0.654. The molecule has 0 fully saturated rings. The number of nitrogens with zero attached hydrogens (tertiary/aromatic N) is 2. The van der Waals surface area contributed by atoms with Gasteiger partial charge in [-0.2, -0.15) is 0 Å². The third-order valence-electron chi connectivity index (χ3n) is 1.52. The number of aromatic nitrogens is 2. The SMILES string of the molecule is Clc1nc2sc3cn2c1-3. The molecule has 0 atom stereocenters. The molecule has 4 heterocycles. The summed E-state index contributed by atoms with van der Waals surface area (Å²) in [5.41, 5.74) is 1.11. The molecule has 2 aliphatic rings. The molecule has 0 amide bonds. The minimum atomic E-state index is 0.654. The average Bonchev–Trinajstić information content (AvgIpc) is 2.22. The molecule has 0 saturated heterocycles. The summed E-state index contributed by atoms with van der Waals surface area (Å²) >= 11 is 7.42. The predicted molar refractivity (Wildman–Crippen MR) is 37.1 cm³/mol. The Kier molecular flexibility index (Phi) is 0.488. The van der Waals surface area contributed by atoms with Gasteiger partial charge in [0.05, 0.1) is 4.88 Å². The topological polar surface area (TPSA) is 17.3 Å². The van der Waals surface area contributed by atoms with Crippen molar-refractivity contribution in [1.82, 2.24) is 9.38 Å². The van der Waals surface area contributed by atoms with Crippen LogP contribution in [0.4, 0.5) is 0 Å². The highest BCUT2D eigenvalue weighted by Crippen LogP contribution is 2.43. The minimum absolute atomic E-state index is 0.654. The number of thiazole rings is 2. The van der Waals surface area contributed by atoms with Gasteiger partial charge in [0.2, 0.25) is 0 Å². The zero-order valence-electron chi connectivity index (χ0n) is 4.26. The van der Waals surface area contributed by atoms with Gasteiger partial charge in [-0.25, -0.2) is 4.98 Å². The summed E-state index contributed by atoms with van der Waals surface area (Å²) in [4.78, 5) is 6.36. The average molecular weight is 157 g/mol. The Bertz CT molecular complexity index is 400. The van der Waals surface area contributed by atoms with Crippen LogP contribution in [0.3, 0.4) is 0 Å². The lowest BCUT2D eigenvalue weighted by atomic mass is 10.3. The molecular formula is C5HClN2S. The first kappa shape index (κ1) is 4.30. The number of hydrogen-bond donors (Lipinski definition) is 0. The van der Waals surface area contributed by atoms with Crippen molar-refractivity contribution in [1.29, 1.82) is 0 Å². The molecule has 0 aliphatic carbocycles. The van der Waals surface area contributed by atoms with Crippen LogP contribution in [0.25, 0.3) is 15.5 Å². The van der Waals surface area contributed by atoms with E-state index in [9.17, 15) is 0 Å². The summed E-state index contributed by atoms with van der Waals surface area (Å²) < 4.78 is 2.02. The van der Waals surface area contributed by atoms with Gasteiger partial charge in [0.15, 0.2) is 10.1 Å². The highest BCUT2D eigenvalue weighted by Gasteiger charge is 2.24. The van der Waals surface area contributed by atoms with Gasteiger partial charge in [0, 0.05) is 6.20 Å². The lowest BCUT2D eigenvalue weighted by molar-refractivity contribution is 1.19. The Labute approximate surface area is 59.7 Å². The number of halogens is 1. The maximum Gasteiger partial charge on any atom is 0.196 e. The fraction of sp³-hybridized carbons (Fsp3) is 0. The van der Waals surface area contributed by atoms with E-state index in [4.69, 9.17) is 11.6 Å². The van der Waals surface area contributed by atoms with E-state index in [1.165, 1.54) is 4.88 Å². The van der Waals surface area contributed by atoms with Crippen molar-refractivity contribution in [2.45, 2.75) is 0 Å². The van der Waals surface area contributed by atoms with Crippen LogP contribution in [0.5, 0.6) is 0 Å². The van der Waals surface area contributed by atoms with E-state index in [1.807, 2.05) is 10.6 Å². The number of imidazole rings is 1. The van der Waals surface area contributed by atoms with Gasteiger partial charge in [0.25, 0.3) is 0 Å². The standard InChI is InChI=1S/C5HClN2S/c6-4-3-2-1-8(3)5(7-4)9-2/h1H. The van der Waals surface area contributed by atoms with Crippen molar-refractivity contribution in [3.8, 4) is 10.6 Å². The molecule has 4 heteroatoms. The third kappa shape index (κ3) is 0.295. The first-order chi connectivity index (χ1) is 4.36. The Morgan fingerprint density at radius 3 is 3.00 bits per heavy atom. The molecule has 0 N–H and O–H groups in total. The Hall–Kier alpha value is -0.540. The van der Waals surface area contributed by atoms with E-state index in [0.29, 0.717) is 5.15 Å². The normalized spacial score (nSPS) is 13.0. The zero-order chi connectivity index (χ0) is 6.01. The van der Waals surface area contributed by atoms with Crippen molar-refractivity contribution in [3.05, 3.63) is 11.3 Å². The maximum absolute atomic E-state index is 5.73. The van der Waals surface area contributed by atoms with Gasteiger partial charge in [-0.15, -0.1) is 0 Å². The first-order valence-corrected chi connectivity index (χ1v) is 3.73. The summed E-state index contributed by atoms with van der Waals surface area (Å²) in [6, 6.07) is 0. The van der Waals surface area contributed by atoms with Crippen LogP contribution in [0.15, 0.2) is 6.20 Å². The minimum Gasteiger partial charge on any atom is -0.287 e.